The third-order valence-electron chi connectivity index (χ3n) is 2.53. The van der Waals surface area contributed by atoms with Crippen LogP contribution in [0.15, 0.2) is 6.20 Å². The molecule has 2 aromatic rings. The maximum atomic E-state index is 5.68. The molecule has 2 rings (SSSR count). The standard InChI is InChI=1S/C11H18N8/c1-5-7-8(6-19(4)17-7)13-10-14-9(12)15-11(16-10)18(2)3/h6H,5H2,1-4H3,(H3,12,13,14,15,16). The fraction of sp³-hybridized carbons (Fsp3) is 0.455. The van der Waals surface area contributed by atoms with E-state index in [1.165, 1.54) is 0 Å². The maximum absolute atomic E-state index is 5.68. The van der Waals surface area contributed by atoms with E-state index >= 15 is 0 Å². The molecule has 0 aliphatic heterocycles. The predicted octanol–water partition coefficient (Wildman–Crippen LogP) is 0.559. The highest BCUT2D eigenvalue weighted by molar-refractivity contribution is 5.57. The Morgan fingerprint density at radius 2 is 2.05 bits per heavy atom. The molecule has 102 valence electrons. The van der Waals surface area contributed by atoms with Crippen LogP contribution in [0.1, 0.15) is 12.6 Å². The molecule has 0 aliphatic carbocycles. The van der Waals surface area contributed by atoms with E-state index in [0.717, 1.165) is 17.8 Å². The van der Waals surface area contributed by atoms with Gasteiger partial charge in [-0.1, -0.05) is 6.92 Å². The Hall–Kier alpha value is -2.38. The summed E-state index contributed by atoms with van der Waals surface area (Å²) in [4.78, 5) is 14.2. The topological polar surface area (TPSA) is 97.8 Å². The molecule has 0 aromatic carbocycles. The molecule has 0 aliphatic rings. The van der Waals surface area contributed by atoms with Crippen molar-refractivity contribution in [1.29, 1.82) is 0 Å². The maximum Gasteiger partial charge on any atom is 0.233 e. The fourth-order valence-corrected chi connectivity index (χ4v) is 1.66. The molecule has 0 spiro atoms. The molecule has 19 heavy (non-hydrogen) atoms. The van der Waals surface area contributed by atoms with E-state index in [0.29, 0.717) is 11.9 Å². The largest absolute Gasteiger partial charge is 0.368 e. The summed E-state index contributed by atoms with van der Waals surface area (Å²) in [6.07, 6.45) is 2.71. The van der Waals surface area contributed by atoms with Crippen LogP contribution >= 0.6 is 0 Å². The highest BCUT2D eigenvalue weighted by Crippen LogP contribution is 2.19. The molecule has 0 atom stereocenters. The average Bonchev–Trinajstić information content (AvgIpc) is 2.68. The summed E-state index contributed by atoms with van der Waals surface area (Å²) in [6.45, 7) is 2.04. The predicted molar refractivity (Wildman–Crippen MR) is 74.4 cm³/mol. The van der Waals surface area contributed by atoms with Crippen molar-refractivity contribution in [2.45, 2.75) is 13.3 Å². The van der Waals surface area contributed by atoms with Crippen LogP contribution in [0.2, 0.25) is 0 Å². The van der Waals surface area contributed by atoms with E-state index in [2.05, 4.69) is 25.4 Å². The first-order valence-corrected chi connectivity index (χ1v) is 5.98. The van der Waals surface area contributed by atoms with Gasteiger partial charge in [-0.05, 0) is 6.42 Å². The Kier molecular flexibility index (Phi) is 3.50. The van der Waals surface area contributed by atoms with Gasteiger partial charge in [-0.3, -0.25) is 4.68 Å². The third kappa shape index (κ3) is 2.90. The zero-order chi connectivity index (χ0) is 14.0. The molecule has 0 amide bonds. The highest BCUT2D eigenvalue weighted by Gasteiger charge is 2.10. The molecule has 3 N–H and O–H groups in total. The number of aromatic nitrogens is 5. The van der Waals surface area contributed by atoms with Crippen LogP contribution in [0.25, 0.3) is 0 Å². The van der Waals surface area contributed by atoms with Gasteiger partial charge >= 0.3 is 0 Å². The van der Waals surface area contributed by atoms with Gasteiger partial charge in [0.15, 0.2) is 0 Å². The quantitative estimate of drug-likeness (QED) is 0.830. The van der Waals surface area contributed by atoms with Gasteiger partial charge in [0.25, 0.3) is 0 Å². The molecule has 0 saturated carbocycles. The molecule has 8 nitrogen and oxygen atoms in total. The summed E-state index contributed by atoms with van der Waals surface area (Å²) in [6, 6.07) is 0. The zero-order valence-electron chi connectivity index (χ0n) is 11.5. The zero-order valence-corrected chi connectivity index (χ0v) is 11.5. The molecular formula is C11H18N8. The summed E-state index contributed by atoms with van der Waals surface area (Å²) >= 11 is 0. The lowest BCUT2D eigenvalue weighted by molar-refractivity contribution is 0.746. The van der Waals surface area contributed by atoms with Gasteiger partial charge in [0.2, 0.25) is 17.8 Å². The van der Waals surface area contributed by atoms with Crippen molar-refractivity contribution in [1.82, 2.24) is 24.7 Å². The Morgan fingerprint density at radius 3 is 2.68 bits per heavy atom. The van der Waals surface area contributed by atoms with Gasteiger partial charge in [0.1, 0.15) is 0 Å². The highest BCUT2D eigenvalue weighted by atomic mass is 15.3. The van der Waals surface area contributed by atoms with Crippen LogP contribution in [-0.4, -0.2) is 38.8 Å². The monoisotopic (exact) mass is 262 g/mol. The Balaban J connectivity index is 2.32. The van der Waals surface area contributed by atoms with Gasteiger partial charge in [-0.25, -0.2) is 0 Å². The van der Waals surface area contributed by atoms with Crippen LogP contribution in [0, 0.1) is 0 Å². The molecule has 2 aromatic heterocycles. The molecular weight excluding hydrogens is 244 g/mol. The lowest BCUT2D eigenvalue weighted by Crippen LogP contribution is -2.15. The first kappa shape index (κ1) is 13.1. The second-order valence-corrected chi connectivity index (χ2v) is 4.35. The minimum absolute atomic E-state index is 0.183. The number of anilines is 4. The fourth-order valence-electron chi connectivity index (χ4n) is 1.66. The first-order valence-electron chi connectivity index (χ1n) is 5.98. The minimum atomic E-state index is 0.183. The van der Waals surface area contributed by atoms with E-state index in [1.807, 2.05) is 34.3 Å². The Morgan fingerprint density at radius 1 is 1.32 bits per heavy atom. The van der Waals surface area contributed by atoms with Crippen molar-refractivity contribution in [3.8, 4) is 0 Å². The smallest absolute Gasteiger partial charge is 0.233 e. The summed E-state index contributed by atoms with van der Waals surface area (Å²) in [7, 11) is 5.57. The number of aryl methyl sites for hydroxylation is 2. The van der Waals surface area contributed by atoms with E-state index < -0.39 is 0 Å². The molecule has 0 radical (unpaired) electrons. The average molecular weight is 262 g/mol. The minimum Gasteiger partial charge on any atom is -0.368 e. The first-order chi connectivity index (χ1) is 8.99. The van der Waals surface area contributed by atoms with Crippen LogP contribution < -0.4 is 16.0 Å². The van der Waals surface area contributed by atoms with E-state index in [9.17, 15) is 0 Å². The van der Waals surface area contributed by atoms with Crippen molar-refractivity contribution in [2.75, 3.05) is 30.0 Å². The van der Waals surface area contributed by atoms with Crippen LogP contribution in [-0.2, 0) is 13.5 Å². The number of nitrogens with zero attached hydrogens (tertiary/aromatic N) is 6. The third-order valence-corrected chi connectivity index (χ3v) is 2.53. The summed E-state index contributed by atoms with van der Waals surface area (Å²) in [5.41, 5.74) is 7.50. The SMILES string of the molecule is CCc1nn(C)cc1Nc1nc(N)nc(N(C)C)n1. The lowest BCUT2D eigenvalue weighted by Gasteiger charge is -2.11. The van der Waals surface area contributed by atoms with E-state index in [-0.39, 0.29) is 5.95 Å². The van der Waals surface area contributed by atoms with Crippen LogP contribution in [0.3, 0.4) is 0 Å². The van der Waals surface area contributed by atoms with Crippen molar-refractivity contribution in [2.24, 2.45) is 7.05 Å². The number of nitrogens with two attached hydrogens (primary N) is 1. The Labute approximate surface area is 111 Å². The number of nitrogens with one attached hydrogen (secondary N) is 1. The normalized spacial score (nSPS) is 10.5. The lowest BCUT2D eigenvalue weighted by atomic mass is 10.3. The summed E-state index contributed by atoms with van der Waals surface area (Å²) in [5.74, 6) is 1.11. The van der Waals surface area contributed by atoms with Gasteiger partial charge < -0.3 is 16.0 Å². The van der Waals surface area contributed by atoms with E-state index in [1.54, 1.807) is 9.58 Å². The van der Waals surface area contributed by atoms with E-state index in [4.69, 9.17) is 5.73 Å². The summed E-state index contributed by atoms with van der Waals surface area (Å²) < 4.78 is 1.75. The Bertz CT molecular complexity index is 574. The number of hydrogen-bond acceptors (Lipinski definition) is 7. The number of rotatable bonds is 4. The van der Waals surface area contributed by atoms with Gasteiger partial charge in [-0.15, -0.1) is 0 Å². The van der Waals surface area contributed by atoms with Gasteiger partial charge in [-0.2, -0.15) is 20.1 Å². The second-order valence-electron chi connectivity index (χ2n) is 4.35. The molecule has 8 heteroatoms. The molecule has 2 heterocycles. The van der Waals surface area contributed by atoms with Gasteiger partial charge in [0, 0.05) is 27.3 Å². The molecule has 0 fully saturated rings. The van der Waals surface area contributed by atoms with Gasteiger partial charge in [0.05, 0.1) is 11.4 Å². The van der Waals surface area contributed by atoms with Crippen molar-refractivity contribution >= 4 is 23.5 Å². The van der Waals surface area contributed by atoms with Crippen molar-refractivity contribution in [3.63, 3.8) is 0 Å². The second kappa shape index (κ2) is 5.09. The van der Waals surface area contributed by atoms with Crippen LogP contribution in [0.5, 0.6) is 0 Å². The molecule has 0 saturated heterocycles. The number of nitrogen functional groups attached to an aromatic ring is 1. The van der Waals surface area contributed by atoms with Crippen molar-refractivity contribution < 1.29 is 0 Å². The van der Waals surface area contributed by atoms with Crippen molar-refractivity contribution in [3.05, 3.63) is 11.9 Å². The molecule has 0 unspecified atom stereocenters. The number of hydrogen-bond donors (Lipinski definition) is 2. The molecule has 0 bridgehead atoms. The summed E-state index contributed by atoms with van der Waals surface area (Å²) in [5, 5.41) is 7.47. The van der Waals surface area contributed by atoms with Crippen LogP contribution in [0.4, 0.5) is 23.5 Å².